The summed E-state index contributed by atoms with van der Waals surface area (Å²) in [5.41, 5.74) is 8.77. The summed E-state index contributed by atoms with van der Waals surface area (Å²) in [6.07, 6.45) is 0. The molecular formula is C24H24Cl2O2. The van der Waals surface area contributed by atoms with Crippen LogP contribution in [0.3, 0.4) is 0 Å². The van der Waals surface area contributed by atoms with E-state index >= 15 is 0 Å². The number of hydrogen-bond acceptors (Lipinski definition) is 2. The number of alkyl halides is 2. The molecule has 0 spiro atoms. The highest BCUT2D eigenvalue weighted by atomic mass is 35.5. The monoisotopic (exact) mass is 414 g/mol. The maximum atomic E-state index is 6.37. The summed E-state index contributed by atoms with van der Waals surface area (Å²) in [6, 6.07) is 16.5. The van der Waals surface area contributed by atoms with Gasteiger partial charge in [0.1, 0.15) is 11.5 Å². The first kappa shape index (κ1) is 20.6. The van der Waals surface area contributed by atoms with Gasteiger partial charge in [0.15, 0.2) is 0 Å². The Hall–Kier alpha value is -2.16. The molecule has 0 saturated carbocycles. The van der Waals surface area contributed by atoms with E-state index in [-0.39, 0.29) is 0 Å². The van der Waals surface area contributed by atoms with E-state index in [9.17, 15) is 0 Å². The lowest BCUT2D eigenvalue weighted by molar-refractivity contribution is 0.404. The third kappa shape index (κ3) is 3.99. The van der Waals surface area contributed by atoms with Crippen LogP contribution in [-0.2, 0) is 11.8 Å². The van der Waals surface area contributed by atoms with Crippen LogP contribution < -0.4 is 9.47 Å². The number of ether oxygens (including phenoxy) is 2. The highest BCUT2D eigenvalue weighted by Gasteiger charge is 2.17. The van der Waals surface area contributed by atoms with E-state index in [1.807, 2.05) is 18.2 Å². The van der Waals surface area contributed by atoms with Crippen molar-refractivity contribution < 1.29 is 9.47 Å². The van der Waals surface area contributed by atoms with Crippen molar-refractivity contribution in [3.05, 3.63) is 70.8 Å². The lowest BCUT2D eigenvalue weighted by Gasteiger charge is -2.18. The third-order valence-electron chi connectivity index (χ3n) is 5.00. The standard InChI is InChI=1S/C24H24Cl2O2/c1-15-5-6-16(2)20(9-15)21-10-18(14-26)22(11-17(21)13-25)23-12-19(27-3)7-8-24(23)28-4/h5-12H,13-14H2,1-4H3. The van der Waals surface area contributed by atoms with Gasteiger partial charge < -0.3 is 9.47 Å². The molecule has 3 rings (SSSR count). The van der Waals surface area contributed by atoms with Gasteiger partial charge in [0.25, 0.3) is 0 Å². The molecule has 0 heterocycles. The van der Waals surface area contributed by atoms with Crippen molar-refractivity contribution in [1.29, 1.82) is 0 Å². The van der Waals surface area contributed by atoms with Crippen LogP contribution in [-0.4, -0.2) is 14.2 Å². The first-order chi connectivity index (χ1) is 13.5. The lowest BCUT2D eigenvalue weighted by Crippen LogP contribution is -1.98. The van der Waals surface area contributed by atoms with Gasteiger partial charge in [-0.2, -0.15) is 0 Å². The predicted molar refractivity (Wildman–Crippen MR) is 119 cm³/mol. The first-order valence-electron chi connectivity index (χ1n) is 9.10. The summed E-state index contributed by atoms with van der Waals surface area (Å²) in [5.74, 6) is 2.33. The molecule has 0 bridgehead atoms. The summed E-state index contributed by atoms with van der Waals surface area (Å²) in [7, 11) is 3.32. The fourth-order valence-electron chi connectivity index (χ4n) is 3.46. The third-order valence-corrected chi connectivity index (χ3v) is 5.57. The van der Waals surface area contributed by atoms with Gasteiger partial charge >= 0.3 is 0 Å². The zero-order valence-corrected chi connectivity index (χ0v) is 18.1. The molecule has 146 valence electrons. The second-order valence-corrected chi connectivity index (χ2v) is 7.35. The van der Waals surface area contributed by atoms with Crippen molar-refractivity contribution in [2.45, 2.75) is 25.6 Å². The van der Waals surface area contributed by atoms with Crippen LogP contribution in [0.15, 0.2) is 48.5 Å². The topological polar surface area (TPSA) is 18.5 Å². The van der Waals surface area contributed by atoms with Crippen molar-refractivity contribution in [3.8, 4) is 33.8 Å². The van der Waals surface area contributed by atoms with Gasteiger partial charge in [-0.05, 0) is 77.6 Å². The smallest absolute Gasteiger partial charge is 0.126 e. The molecule has 28 heavy (non-hydrogen) atoms. The van der Waals surface area contributed by atoms with E-state index in [1.165, 1.54) is 16.7 Å². The lowest BCUT2D eigenvalue weighted by atomic mass is 9.89. The molecule has 0 saturated heterocycles. The molecular weight excluding hydrogens is 391 g/mol. The maximum absolute atomic E-state index is 6.37. The van der Waals surface area contributed by atoms with Crippen LogP contribution in [0.25, 0.3) is 22.3 Å². The Morgan fingerprint density at radius 3 is 1.89 bits per heavy atom. The molecule has 0 fully saturated rings. The van der Waals surface area contributed by atoms with Crippen LogP contribution in [0.4, 0.5) is 0 Å². The minimum atomic E-state index is 0.385. The van der Waals surface area contributed by atoms with Crippen LogP contribution in [0.2, 0.25) is 0 Å². The second kappa shape index (κ2) is 8.89. The van der Waals surface area contributed by atoms with Crippen LogP contribution in [0.1, 0.15) is 22.3 Å². The van der Waals surface area contributed by atoms with Crippen molar-refractivity contribution in [3.63, 3.8) is 0 Å². The normalized spacial score (nSPS) is 10.8. The first-order valence-corrected chi connectivity index (χ1v) is 10.2. The van der Waals surface area contributed by atoms with Crippen LogP contribution >= 0.6 is 23.2 Å². The number of hydrogen-bond donors (Lipinski definition) is 0. The van der Waals surface area contributed by atoms with E-state index in [0.717, 1.165) is 39.3 Å². The van der Waals surface area contributed by atoms with Crippen molar-refractivity contribution >= 4 is 23.2 Å². The van der Waals surface area contributed by atoms with Crippen molar-refractivity contribution in [2.75, 3.05) is 14.2 Å². The van der Waals surface area contributed by atoms with Gasteiger partial charge in [0, 0.05) is 17.3 Å². The van der Waals surface area contributed by atoms with Crippen LogP contribution in [0.5, 0.6) is 11.5 Å². The van der Waals surface area contributed by atoms with E-state index < -0.39 is 0 Å². The Bertz CT molecular complexity index is 996. The quantitative estimate of drug-likeness (QED) is 0.399. The van der Waals surface area contributed by atoms with Crippen molar-refractivity contribution in [2.24, 2.45) is 0 Å². The molecule has 0 unspecified atom stereocenters. The molecule has 4 heteroatoms. The summed E-state index contributed by atoms with van der Waals surface area (Å²) in [5, 5.41) is 0. The highest BCUT2D eigenvalue weighted by Crippen LogP contribution is 2.40. The number of aryl methyl sites for hydroxylation is 2. The van der Waals surface area contributed by atoms with Gasteiger partial charge in [0.05, 0.1) is 14.2 Å². The fraction of sp³-hybridized carbons (Fsp3) is 0.250. The minimum absolute atomic E-state index is 0.385. The molecule has 0 aliphatic carbocycles. The molecule has 3 aromatic rings. The SMILES string of the molecule is COc1ccc(OC)c(-c2cc(CCl)c(-c3cc(C)ccc3C)cc2CCl)c1. The molecule has 2 nitrogen and oxygen atoms in total. The van der Waals surface area contributed by atoms with E-state index in [2.05, 4.69) is 44.2 Å². The fourth-order valence-corrected chi connectivity index (χ4v) is 3.90. The Morgan fingerprint density at radius 2 is 1.32 bits per heavy atom. The van der Waals surface area contributed by atoms with E-state index in [4.69, 9.17) is 32.7 Å². The summed E-state index contributed by atoms with van der Waals surface area (Å²) >= 11 is 12.7. The van der Waals surface area contributed by atoms with E-state index in [1.54, 1.807) is 14.2 Å². The zero-order valence-electron chi connectivity index (χ0n) is 16.6. The molecule has 3 aromatic carbocycles. The molecule has 0 N–H and O–H groups in total. The Balaban J connectivity index is 2.27. The summed E-state index contributed by atoms with van der Waals surface area (Å²) in [6.45, 7) is 4.22. The Labute approximate surface area is 177 Å². The Kier molecular flexibility index (Phi) is 6.53. The summed E-state index contributed by atoms with van der Waals surface area (Å²) < 4.78 is 11.0. The maximum Gasteiger partial charge on any atom is 0.126 e. The summed E-state index contributed by atoms with van der Waals surface area (Å²) in [4.78, 5) is 0. The minimum Gasteiger partial charge on any atom is -0.497 e. The molecule has 0 atom stereocenters. The molecule has 0 aliphatic rings. The predicted octanol–water partition coefficient (Wildman–Crippen LogP) is 7.13. The molecule has 0 aromatic heterocycles. The molecule has 0 radical (unpaired) electrons. The molecule has 0 amide bonds. The van der Waals surface area contributed by atoms with Gasteiger partial charge in [-0.15, -0.1) is 23.2 Å². The number of rotatable bonds is 6. The number of benzene rings is 3. The molecule has 0 aliphatic heterocycles. The average molecular weight is 415 g/mol. The largest absolute Gasteiger partial charge is 0.497 e. The van der Waals surface area contributed by atoms with Gasteiger partial charge in [-0.25, -0.2) is 0 Å². The van der Waals surface area contributed by atoms with E-state index in [0.29, 0.717) is 11.8 Å². The Morgan fingerprint density at radius 1 is 0.679 bits per heavy atom. The number of halogens is 2. The second-order valence-electron chi connectivity index (χ2n) is 6.82. The number of methoxy groups -OCH3 is 2. The average Bonchev–Trinajstić information content (AvgIpc) is 2.73. The van der Waals surface area contributed by atoms with Crippen LogP contribution in [0, 0.1) is 13.8 Å². The van der Waals surface area contributed by atoms with Crippen molar-refractivity contribution in [1.82, 2.24) is 0 Å². The zero-order chi connectivity index (χ0) is 20.3. The highest BCUT2D eigenvalue weighted by molar-refractivity contribution is 6.18. The van der Waals surface area contributed by atoms with Gasteiger partial charge in [-0.1, -0.05) is 23.8 Å². The van der Waals surface area contributed by atoms with Gasteiger partial charge in [0.2, 0.25) is 0 Å². The van der Waals surface area contributed by atoms with Gasteiger partial charge in [-0.3, -0.25) is 0 Å².